The van der Waals surface area contributed by atoms with Gasteiger partial charge >= 0.3 is 0 Å². The van der Waals surface area contributed by atoms with Crippen LogP contribution in [-0.4, -0.2) is 23.7 Å². The molecular formula is C28H25ClN4O2. The molecule has 2 N–H and O–H groups in total. The van der Waals surface area contributed by atoms with Gasteiger partial charge in [0, 0.05) is 24.9 Å². The highest BCUT2D eigenvalue weighted by Crippen LogP contribution is 2.53. The molecule has 176 valence electrons. The van der Waals surface area contributed by atoms with Gasteiger partial charge in [0.2, 0.25) is 11.7 Å². The van der Waals surface area contributed by atoms with E-state index in [0.717, 1.165) is 48.1 Å². The molecule has 3 aromatic rings. The number of nitrogens with two attached hydrogens (primary N) is 1. The van der Waals surface area contributed by atoms with Crippen LogP contribution >= 0.6 is 11.6 Å². The summed E-state index contributed by atoms with van der Waals surface area (Å²) in [4.78, 5) is 14.8. The van der Waals surface area contributed by atoms with Gasteiger partial charge < -0.3 is 10.5 Å². The molecule has 35 heavy (non-hydrogen) atoms. The highest BCUT2D eigenvalue weighted by atomic mass is 35.5. The Bertz CT molecular complexity index is 1410. The number of aliphatic imine (C=N–C) groups is 1. The Kier molecular flexibility index (Phi) is 5.03. The minimum absolute atomic E-state index is 0.338. The molecule has 0 bridgehead atoms. The number of hydrogen-bond acceptors (Lipinski definition) is 5. The lowest BCUT2D eigenvalue weighted by atomic mass is 9.78. The van der Waals surface area contributed by atoms with Crippen molar-refractivity contribution in [2.24, 2.45) is 10.7 Å². The second kappa shape index (κ2) is 8.01. The normalized spacial score (nSPS) is 24.8. The number of halogens is 1. The quantitative estimate of drug-likeness (QED) is 0.430. The lowest BCUT2D eigenvalue weighted by molar-refractivity contribution is -0.204. The standard InChI is InChI=1S/C28H25ClN4O2/c1-31-23-13-21(12-22(29)15-23)19-9-10-25-24(14-19)28(32-26(30)33(2)35-28)17-27(34-25)11-5-8-18-6-3-4-7-20(18)16-27/h3-4,6-7,9-10,12-15H,5,8,11,16-17H2,2H3,(H2,30,32). The van der Waals surface area contributed by atoms with Gasteiger partial charge in [-0.2, -0.15) is 0 Å². The maximum Gasteiger partial charge on any atom is 0.222 e. The number of ether oxygens (including phenoxy) is 1. The maximum atomic E-state index is 7.40. The van der Waals surface area contributed by atoms with Crippen LogP contribution in [0.2, 0.25) is 5.02 Å². The van der Waals surface area contributed by atoms with Crippen molar-refractivity contribution in [1.29, 1.82) is 0 Å². The SMILES string of the molecule is [C-]#[N+]c1cc(Cl)cc(-c2ccc3c(c2)C2(CC4(CCCc5ccccc5C4)O3)N=C(N)N(C)O2)c1. The van der Waals surface area contributed by atoms with E-state index in [1.165, 1.54) is 16.2 Å². The Balaban J connectivity index is 1.48. The van der Waals surface area contributed by atoms with Gasteiger partial charge in [0.25, 0.3) is 0 Å². The third-order valence-electron chi connectivity index (χ3n) is 7.25. The molecule has 0 amide bonds. The third-order valence-corrected chi connectivity index (χ3v) is 7.47. The molecule has 2 spiro atoms. The summed E-state index contributed by atoms with van der Waals surface area (Å²) in [5.41, 5.74) is 10.6. The highest BCUT2D eigenvalue weighted by Gasteiger charge is 2.54. The van der Waals surface area contributed by atoms with Crippen LogP contribution in [-0.2, 0) is 23.4 Å². The first-order chi connectivity index (χ1) is 16.9. The summed E-state index contributed by atoms with van der Waals surface area (Å²) >= 11 is 6.30. The minimum Gasteiger partial charge on any atom is -0.486 e. The average molecular weight is 485 g/mol. The molecule has 0 saturated heterocycles. The van der Waals surface area contributed by atoms with Gasteiger partial charge in [-0.1, -0.05) is 41.9 Å². The zero-order valence-corrected chi connectivity index (χ0v) is 20.2. The van der Waals surface area contributed by atoms with Crippen molar-refractivity contribution in [1.82, 2.24) is 5.06 Å². The Labute approximate surface area is 209 Å². The predicted molar refractivity (Wildman–Crippen MR) is 136 cm³/mol. The molecule has 0 fully saturated rings. The van der Waals surface area contributed by atoms with Crippen LogP contribution in [0.1, 0.15) is 36.0 Å². The van der Waals surface area contributed by atoms with E-state index in [0.29, 0.717) is 23.1 Å². The van der Waals surface area contributed by atoms with Crippen molar-refractivity contribution in [3.05, 3.63) is 93.8 Å². The van der Waals surface area contributed by atoms with Gasteiger partial charge in [0.1, 0.15) is 11.4 Å². The first-order valence-corrected chi connectivity index (χ1v) is 12.1. The second-order valence-electron chi connectivity index (χ2n) is 9.62. The van der Waals surface area contributed by atoms with Crippen molar-refractivity contribution in [2.45, 2.75) is 43.4 Å². The van der Waals surface area contributed by atoms with Gasteiger partial charge in [-0.15, -0.1) is 0 Å². The molecule has 2 unspecified atom stereocenters. The van der Waals surface area contributed by atoms with Gasteiger partial charge in [0.05, 0.1) is 12.1 Å². The van der Waals surface area contributed by atoms with Gasteiger partial charge in [-0.25, -0.2) is 19.7 Å². The van der Waals surface area contributed by atoms with E-state index in [1.807, 2.05) is 30.3 Å². The molecule has 2 aliphatic heterocycles. The second-order valence-corrected chi connectivity index (χ2v) is 10.1. The summed E-state index contributed by atoms with van der Waals surface area (Å²) < 4.78 is 6.83. The van der Waals surface area contributed by atoms with Crippen LogP contribution in [0, 0.1) is 6.57 Å². The molecule has 2 heterocycles. The fraction of sp³-hybridized carbons (Fsp3) is 0.286. The smallest absolute Gasteiger partial charge is 0.222 e. The van der Waals surface area contributed by atoms with E-state index in [4.69, 9.17) is 38.5 Å². The molecule has 0 aromatic heterocycles. The number of hydrogen-bond donors (Lipinski definition) is 1. The monoisotopic (exact) mass is 484 g/mol. The number of hydroxylamine groups is 2. The first kappa shape index (κ1) is 22.0. The van der Waals surface area contributed by atoms with Gasteiger partial charge in [0.15, 0.2) is 5.69 Å². The molecule has 3 aromatic carbocycles. The van der Waals surface area contributed by atoms with Crippen molar-refractivity contribution >= 4 is 23.2 Å². The fourth-order valence-electron chi connectivity index (χ4n) is 5.69. The van der Waals surface area contributed by atoms with Crippen LogP contribution < -0.4 is 10.5 Å². The van der Waals surface area contributed by atoms with Crippen LogP contribution in [0.25, 0.3) is 16.0 Å². The van der Waals surface area contributed by atoms with Gasteiger partial charge in [-0.3, -0.25) is 0 Å². The lowest BCUT2D eigenvalue weighted by Gasteiger charge is -2.45. The molecule has 1 aliphatic carbocycles. The van der Waals surface area contributed by atoms with Crippen molar-refractivity contribution in [3.8, 4) is 16.9 Å². The van der Waals surface area contributed by atoms with E-state index in [-0.39, 0.29) is 0 Å². The van der Waals surface area contributed by atoms with E-state index < -0.39 is 11.3 Å². The fourth-order valence-corrected chi connectivity index (χ4v) is 5.92. The van der Waals surface area contributed by atoms with Crippen LogP contribution in [0.3, 0.4) is 0 Å². The summed E-state index contributed by atoms with van der Waals surface area (Å²) in [6.07, 6.45) is 4.30. The van der Waals surface area contributed by atoms with Gasteiger partial charge in [-0.05, 0) is 71.8 Å². The summed E-state index contributed by atoms with van der Waals surface area (Å²) in [5.74, 6) is 1.09. The maximum absolute atomic E-state index is 7.40. The molecule has 6 nitrogen and oxygen atoms in total. The summed E-state index contributed by atoms with van der Waals surface area (Å²) in [6.45, 7) is 7.40. The summed E-state index contributed by atoms with van der Waals surface area (Å²) in [7, 11) is 1.78. The minimum atomic E-state index is -0.983. The molecule has 0 saturated carbocycles. The number of guanidine groups is 1. The topological polar surface area (TPSA) is 64.4 Å². The zero-order chi connectivity index (χ0) is 24.2. The van der Waals surface area contributed by atoms with Crippen molar-refractivity contribution < 1.29 is 9.57 Å². The van der Waals surface area contributed by atoms with E-state index in [2.05, 4.69) is 29.1 Å². The Morgan fingerprint density at radius 3 is 2.69 bits per heavy atom. The lowest BCUT2D eigenvalue weighted by Crippen LogP contribution is -2.49. The highest BCUT2D eigenvalue weighted by molar-refractivity contribution is 6.31. The van der Waals surface area contributed by atoms with Crippen LogP contribution in [0.4, 0.5) is 5.69 Å². The van der Waals surface area contributed by atoms with E-state index in [1.54, 1.807) is 13.1 Å². The zero-order valence-electron chi connectivity index (χ0n) is 19.4. The van der Waals surface area contributed by atoms with Crippen LogP contribution in [0.15, 0.2) is 65.7 Å². The average Bonchev–Trinajstić information content (AvgIpc) is 3.01. The summed E-state index contributed by atoms with van der Waals surface area (Å²) in [6, 6.07) is 20.0. The number of fused-ring (bicyclic) bond motifs is 3. The Morgan fingerprint density at radius 2 is 1.91 bits per heavy atom. The van der Waals surface area contributed by atoms with E-state index >= 15 is 0 Å². The molecule has 0 radical (unpaired) electrons. The molecule has 6 rings (SSSR count). The van der Waals surface area contributed by atoms with Crippen molar-refractivity contribution in [3.63, 3.8) is 0 Å². The van der Waals surface area contributed by atoms with Crippen molar-refractivity contribution in [2.75, 3.05) is 7.05 Å². The first-order valence-electron chi connectivity index (χ1n) is 11.8. The predicted octanol–water partition coefficient (Wildman–Crippen LogP) is 6.00. The largest absolute Gasteiger partial charge is 0.486 e. The summed E-state index contributed by atoms with van der Waals surface area (Å²) in [5, 5.41) is 2.06. The van der Waals surface area contributed by atoms with E-state index in [9.17, 15) is 0 Å². The molecule has 2 atom stereocenters. The number of aryl methyl sites for hydroxylation is 1. The number of rotatable bonds is 1. The molecule has 7 heteroatoms. The third kappa shape index (κ3) is 3.72. The van der Waals surface area contributed by atoms with Crippen LogP contribution in [0.5, 0.6) is 5.75 Å². The molecule has 3 aliphatic rings. The Morgan fingerprint density at radius 1 is 1.09 bits per heavy atom. The Hall–Kier alpha value is -3.53. The molecular weight excluding hydrogens is 460 g/mol. The number of nitrogens with zero attached hydrogens (tertiary/aromatic N) is 3. The number of benzene rings is 3.